The molecule has 0 unspecified atom stereocenters. The van der Waals surface area contributed by atoms with Crippen LogP contribution in [0.2, 0.25) is 4.34 Å². The lowest BCUT2D eigenvalue weighted by molar-refractivity contribution is 0.0954. The van der Waals surface area contributed by atoms with Gasteiger partial charge in [-0.15, -0.1) is 22.7 Å². The molecule has 3 aromatic rings. The number of rotatable bonds is 5. The number of amides is 1. The molecule has 2 N–H and O–H groups in total. The Morgan fingerprint density at radius 3 is 2.75 bits per heavy atom. The summed E-state index contributed by atoms with van der Waals surface area (Å²) in [6, 6.07) is 11.2. The first-order chi connectivity index (χ1) is 11.6. The fraction of sp³-hybridized carbons (Fsp3) is 0.176. The highest BCUT2D eigenvalue weighted by atomic mass is 35.5. The Morgan fingerprint density at radius 1 is 1.25 bits per heavy atom. The van der Waals surface area contributed by atoms with E-state index < -0.39 is 0 Å². The summed E-state index contributed by atoms with van der Waals surface area (Å²) in [4.78, 5) is 18.5. The van der Waals surface area contributed by atoms with Gasteiger partial charge in [0.1, 0.15) is 9.88 Å². The number of nitrogens with zero attached hydrogens (tertiary/aromatic N) is 1. The molecule has 0 saturated carbocycles. The van der Waals surface area contributed by atoms with Crippen molar-refractivity contribution in [2.24, 2.45) is 0 Å². The predicted octanol–water partition coefficient (Wildman–Crippen LogP) is 4.26. The Kier molecular flexibility index (Phi) is 5.30. The Labute approximate surface area is 152 Å². The monoisotopic (exact) mass is 378 g/mol. The molecule has 7 heteroatoms. The number of thiazole rings is 1. The Bertz CT molecular complexity index is 873. The van der Waals surface area contributed by atoms with Crippen molar-refractivity contribution in [2.75, 3.05) is 0 Å². The molecule has 0 aliphatic carbocycles. The lowest BCUT2D eigenvalue weighted by Gasteiger charge is -2.05. The summed E-state index contributed by atoms with van der Waals surface area (Å²) in [6.07, 6.45) is 0. The van der Waals surface area contributed by atoms with Crippen LogP contribution in [0.3, 0.4) is 0 Å². The number of carbonyl (C=O) groups excluding carboxylic acids is 1. The van der Waals surface area contributed by atoms with Crippen LogP contribution in [-0.4, -0.2) is 16.0 Å². The van der Waals surface area contributed by atoms with Crippen molar-refractivity contribution in [1.82, 2.24) is 10.3 Å². The van der Waals surface area contributed by atoms with Gasteiger partial charge in [0.2, 0.25) is 0 Å². The van der Waals surface area contributed by atoms with Crippen molar-refractivity contribution in [3.8, 4) is 9.88 Å². The zero-order valence-corrected chi connectivity index (χ0v) is 15.3. The van der Waals surface area contributed by atoms with Gasteiger partial charge in [-0.2, -0.15) is 0 Å². The first kappa shape index (κ1) is 17.1. The van der Waals surface area contributed by atoms with Crippen LogP contribution in [0, 0.1) is 6.92 Å². The number of aryl methyl sites for hydroxylation is 1. The molecule has 3 rings (SSSR count). The van der Waals surface area contributed by atoms with Gasteiger partial charge in [-0.05, 0) is 30.2 Å². The maximum absolute atomic E-state index is 12.4. The number of thiophene rings is 1. The fourth-order valence-corrected chi connectivity index (χ4v) is 4.32. The molecule has 2 aromatic heterocycles. The zero-order valence-electron chi connectivity index (χ0n) is 12.9. The van der Waals surface area contributed by atoms with Gasteiger partial charge in [0.05, 0.1) is 21.5 Å². The summed E-state index contributed by atoms with van der Waals surface area (Å²) >= 11 is 8.77. The van der Waals surface area contributed by atoms with E-state index in [1.807, 2.05) is 43.3 Å². The molecule has 0 fully saturated rings. The number of hydrogen-bond donors (Lipinski definition) is 2. The number of aromatic nitrogens is 1. The van der Waals surface area contributed by atoms with Gasteiger partial charge in [-0.25, -0.2) is 4.98 Å². The van der Waals surface area contributed by atoms with E-state index in [1.165, 1.54) is 22.7 Å². The summed E-state index contributed by atoms with van der Waals surface area (Å²) in [5.41, 5.74) is 2.48. The number of carbonyl (C=O) groups is 1. The predicted molar refractivity (Wildman–Crippen MR) is 98.7 cm³/mol. The smallest absolute Gasteiger partial charge is 0.263 e. The minimum Gasteiger partial charge on any atom is -0.392 e. The second-order valence-electron chi connectivity index (χ2n) is 5.20. The van der Waals surface area contributed by atoms with Gasteiger partial charge in [0.25, 0.3) is 5.91 Å². The Balaban J connectivity index is 1.72. The van der Waals surface area contributed by atoms with Crippen LogP contribution in [0.5, 0.6) is 0 Å². The fourth-order valence-electron chi connectivity index (χ4n) is 2.24. The van der Waals surface area contributed by atoms with Crippen LogP contribution in [0.15, 0.2) is 36.4 Å². The maximum atomic E-state index is 12.4. The molecule has 0 aliphatic rings. The molecule has 0 saturated heterocycles. The minimum atomic E-state index is -0.145. The van der Waals surface area contributed by atoms with Gasteiger partial charge in [-0.3, -0.25) is 4.79 Å². The summed E-state index contributed by atoms with van der Waals surface area (Å²) in [5, 5.41) is 12.9. The van der Waals surface area contributed by atoms with E-state index in [0.717, 1.165) is 21.0 Å². The van der Waals surface area contributed by atoms with Crippen molar-refractivity contribution in [1.29, 1.82) is 0 Å². The molecule has 0 aliphatic heterocycles. The third-order valence-corrected chi connectivity index (χ3v) is 5.97. The number of halogens is 1. The maximum Gasteiger partial charge on any atom is 0.263 e. The number of benzene rings is 1. The molecule has 0 radical (unpaired) electrons. The summed E-state index contributed by atoms with van der Waals surface area (Å²) < 4.78 is 0.701. The summed E-state index contributed by atoms with van der Waals surface area (Å²) in [6.45, 7) is 2.23. The summed E-state index contributed by atoms with van der Waals surface area (Å²) in [5.74, 6) is -0.145. The van der Waals surface area contributed by atoms with Crippen molar-refractivity contribution < 1.29 is 9.90 Å². The van der Waals surface area contributed by atoms with Crippen molar-refractivity contribution in [3.63, 3.8) is 0 Å². The van der Waals surface area contributed by atoms with E-state index in [2.05, 4.69) is 10.3 Å². The van der Waals surface area contributed by atoms with Crippen molar-refractivity contribution in [2.45, 2.75) is 20.1 Å². The molecule has 0 bridgehead atoms. The lowest BCUT2D eigenvalue weighted by Crippen LogP contribution is -2.22. The quantitative estimate of drug-likeness (QED) is 0.697. The third kappa shape index (κ3) is 3.84. The number of aliphatic hydroxyl groups excluding tert-OH is 1. The number of hydrogen-bond acceptors (Lipinski definition) is 5. The topological polar surface area (TPSA) is 62.2 Å². The second-order valence-corrected chi connectivity index (χ2v) is 7.91. The van der Waals surface area contributed by atoms with Crippen LogP contribution in [-0.2, 0) is 13.2 Å². The lowest BCUT2D eigenvalue weighted by atomic mass is 10.1. The van der Waals surface area contributed by atoms with Gasteiger partial charge >= 0.3 is 0 Å². The van der Waals surface area contributed by atoms with Crippen molar-refractivity contribution >= 4 is 40.2 Å². The van der Waals surface area contributed by atoms with E-state index in [4.69, 9.17) is 16.7 Å². The van der Waals surface area contributed by atoms with E-state index in [-0.39, 0.29) is 12.5 Å². The van der Waals surface area contributed by atoms with Crippen LogP contribution in [0.4, 0.5) is 0 Å². The SMILES string of the molecule is Cc1nc(-c2ccc(Cl)s2)sc1C(=O)NCc1cccc(CO)c1. The molecule has 0 spiro atoms. The van der Waals surface area contributed by atoms with E-state index in [0.29, 0.717) is 21.5 Å². The van der Waals surface area contributed by atoms with Gasteiger partial charge in [-0.1, -0.05) is 35.9 Å². The molecular formula is C17H15ClN2O2S2. The van der Waals surface area contributed by atoms with E-state index >= 15 is 0 Å². The standard InChI is InChI=1S/C17H15ClN2O2S2/c1-10-15(24-17(20-10)13-5-6-14(18)23-13)16(22)19-8-11-3-2-4-12(7-11)9-21/h2-7,21H,8-9H2,1H3,(H,19,22). The van der Waals surface area contributed by atoms with Gasteiger partial charge in [0, 0.05) is 6.54 Å². The molecule has 4 nitrogen and oxygen atoms in total. The molecule has 1 aromatic carbocycles. The van der Waals surface area contributed by atoms with Gasteiger partial charge < -0.3 is 10.4 Å². The van der Waals surface area contributed by atoms with Crippen LogP contribution < -0.4 is 5.32 Å². The first-order valence-corrected chi connectivity index (χ1v) is 9.28. The largest absolute Gasteiger partial charge is 0.392 e. The Morgan fingerprint density at radius 2 is 2.04 bits per heavy atom. The average molecular weight is 379 g/mol. The van der Waals surface area contributed by atoms with Crippen LogP contribution in [0.25, 0.3) is 9.88 Å². The van der Waals surface area contributed by atoms with Crippen LogP contribution >= 0.6 is 34.3 Å². The minimum absolute atomic E-state index is 0.0114. The zero-order chi connectivity index (χ0) is 17.1. The number of aliphatic hydroxyl groups is 1. The molecule has 1 amide bonds. The molecule has 0 atom stereocenters. The highest BCUT2D eigenvalue weighted by Gasteiger charge is 2.17. The normalized spacial score (nSPS) is 10.8. The van der Waals surface area contributed by atoms with Crippen LogP contribution in [0.1, 0.15) is 26.5 Å². The van der Waals surface area contributed by atoms with E-state index in [1.54, 1.807) is 0 Å². The molecular weight excluding hydrogens is 364 g/mol. The molecule has 124 valence electrons. The average Bonchev–Trinajstić information content (AvgIpc) is 3.18. The highest BCUT2D eigenvalue weighted by molar-refractivity contribution is 7.24. The molecule has 24 heavy (non-hydrogen) atoms. The molecule has 2 heterocycles. The second kappa shape index (κ2) is 7.44. The number of nitrogens with one attached hydrogen (secondary N) is 1. The third-order valence-electron chi connectivity index (χ3n) is 3.41. The summed E-state index contributed by atoms with van der Waals surface area (Å²) in [7, 11) is 0. The van der Waals surface area contributed by atoms with Gasteiger partial charge in [0.15, 0.2) is 0 Å². The first-order valence-electron chi connectivity index (χ1n) is 7.27. The Hall–Kier alpha value is -1.73. The van der Waals surface area contributed by atoms with Crippen molar-refractivity contribution in [3.05, 3.63) is 62.4 Å². The highest BCUT2D eigenvalue weighted by Crippen LogP contribution is 2.34. The van der Waals surface area contributed by atoms with E-state index in [9.17, 15) is 4.79 Å².